The summed E-state index contributed by atoms with van der Waals surface area (Å²) in [6.45, 7) is 4.30. The van der Waals surface area contributed by atoms with Crippen LogP contribution in [0, 0.1) is 16.7 Å². The fourth-order valence-electron chi connectivity index (χ4n) is 4.79. The summed E-state index contributed by atoms with van der Waals surface area (Å²) in [5, 5.41) is 4.29. The zero-order valence-corrected chi connectivity index (χ0v) is 21.4. The van der Waals surface area contributed by atoms with Gasteiger partial charge in [0.2, 0.25) is 11.8 Å². The fourth-order valence-corrected chi connectivity index (χ4v) is 4.79. The third-order valence-electron chi connectivity index (χ3n) is 7.22. The van der Waals surface area contributed by atoms with E-state index in [2.05, 4.69) is 10.5 Å². The summed E-state index contributed by atoms with van der Waals surface area (Å²) in [6, 6.07) is 19.3. The SMILES string of the molecule is CC(C)(C(N)=O)[C@H](COCc1ccccc1)C(=O)N1CCC2=NNC(=O)[C@@]2(Cc2ccccc2)C1.Cl. The molecule has 0 aliphatic carbocycles. The lowest BCUT2D eigenvalue weighted by molar-refractivity contribution is -0.151. The van der Waals surface area contributed by atoms with Gasteiger partial charge in [-0.3, -0.25) is 14.4 Å². The first-order valence-electron chi connectivity index (χ1n) is 11.9. The summed E-state index contributed by atoms with van der Waals surface area (Å²) < 4.78 is 5.90. The number of rotatable bonds is 9. The van der Waals surface area contributed by atoms with Crippen molar-refractivity contribution in [3.05, 3.63) is 71.8 Å². The molecule has 3 N–H and O–H groups in total. The average molecular weight is 513 g/mol. The second kappa shape index (κ2) is 11.2. The summed E-state index contributed by atoms with van der Waals surface area (Å²) in [5.41, 5.74) is 9.00. The molecule has 0 radical (unpaired) electrons. The Balaban J connectivity index is 0.00000361. The van der Waals surface area contributed by atoms with Crippen molar-refractivity contribution in [3.8, 4) is 0 Å². The molecule has 1 saturated heterocycles. The van der Waals surface area contributed by atoms with Crippen molar-refractivity contribution in [1.29, 1.82) is 0 Å². The molecule has 2 aromatic carbocycles. The highest BCUT2D eigenvalue weighted by molar-refractivity contribution is 6.13. The summed E-state index contributed by atoms with van der Waals surface area (Å²) in [5.74, 6) is -1.82. The minimum Gasteiger partial charge on any atom is -0.376 e. The Hall–Kier alpha value is -3.23. The van der Waals surface area contributed by atoms with E-state index in [0.29, 0.717) is 26.0 Å². The summed E-state index contributed by atoms with van der Waals surface area (Å²) >= 11 is 0. The smallest absolute Gasteiger partial charge is 0.254 e. The van der Waals surface area contributed by atoms with Gasteiger partial charge in [0.1, 0.15) is 5.41 Å². The number of hydrogen-bond donors (Lipinski definition) is 2. The average Bonchev–Trinajstić information content (AvgIpc) is 3.17. The zero-order valence-electron chi connectivity index (χ0n) is 20.6. The van der Waals surface area contributed by atoms with Crippen LogP contribution in [0.2, 0.25) is 0 Å². The third-order valence-corrected chi connectivity index (χ3v) is 7.22. The van der Waals surface area contributed by atoms with E-state index in [0.717, 1.165) is 16.8 Å². The van der Waals surface area contributed by atoms with Gasteiger partial charge in [0.05, 0.1) is 30.3 Å². The predicted octanol–water partition coefficient (Wildman–Crippen LogP) is 2.70. The molecule has 0 aromatic heterocycles. The Kier molecular flexibility index (Phi) is 8.53. The van der Waals surface area contributed by atoms with Crippen molar-refractivity contribution in [2.45, 2.75) is 33.3 Å². The van der Waals surface area contributed by atoms with Crippen LogP contribution in [0.4, 0.5) is 0 Å². The maximum atomic E-state index is 13.8. The number of primary amides is 1. The molecule has 1 fully saturated rings. The molecule has 0 unspecified atom stereocenters. The molecule has 36 heavy (non-hydrogen) atoms. The van der Waals surface area contributed by atoms with E-state index >= 15 is 0 Å². The summed E-state index contributed by atoms with van der Waals surface area (Å²) in [7, 11) is 0. The first-order valence-corrected chi connectivity index (χ1v) is 11.9. The van der Waals surface area contributed by atoms with Crippen LogP contribution < -0.4 is 11.2 Å². The number of nitrogens with one attached hydrogen (secondary N) is 1. The number of hydrogen-bond acceptors (Lipinski definition) is 5. The van der Waals surface area contributed by atoms with Crippen LogP contribution in [0.15, 0.2) is 65.8 Å². The molecule has 2 aromatic rings. The van der Waals surface area contributed by atoms with Crippen LogP contribution >= 0.6 is 12.4 Å². The third kappa shape index (κ3) is 5.44. The van der Waals surface area contributed by atoms with E-state index in [1.165, 1.54) is 0 Å². The number of carbonyl (C=O) groups excluding carboxylic acids is 3. The standard InChI is InChI=1S/C27H32N4O4.ClH/c1-26(2,24(28)33)21(17-35-16-20-11-7-4-8-12-20)23(32)31-14-13-22-27(18-31,25(34)30-29-22)15-19-9-5-3-6-10-19;/h3-12,21H,13-18H2,1-2H3,(H2,28,33)(H,30,34);1H/t21-,27+;/m1./s1. The minimum absolute atomic E-state index is 0. The maximum absolute atomic E-state index is 13.8. The Morgan fingerprint density at radius 2 is 1.72 bits per heavy atom. The molecule has 0 bridgehead atoms. The first-order chi connectivity index (χ1) is 16.7. The maximum Gasteiger partial charge on any atom is 0.254 e. The molecule has 2 aliphatic heterocycles. The predicted molar refractivity (Wildman–Crippen MR) is 139 cm³/mol. The molecule has 0 spiro atoms. The number of likely N-dealkylation sites (tertiary alicyclic amines) is 1. The van der Waals surface area contributed by atoms with Crippen LogP contribution in [0.3, 0.4) is 0 Å². The van der Waals surface area contributed by atoms with Crippen molar-refractivity contribution in [2.75, 3.05) is 19.7 Å². The monoisotopic (exact) mass is 512 g/mol. The number of nitrogens with zero attached hydrogens (tertiary/aromatic N) is 2. The highest BCUT2D eigenvalue weighted by Gasteiger charge is 2.53. The quantitative estimate of drug-likeness (QED) is 0.537. The van der Waals surface area contributed by atoms with Crippen LogP contribution in [-0.2, 0) is 32.1 Å². The second-order valence-electron chi connectivity index (χ2n) is 9.89. The van der Waals surface area contributed by atoms with Gasteiger partial charge in [-0.15, -0.1) is 12.4 Å². The second-order valence-corrected chi connectivity index (χ2v) is 9.89. The lowest BCUT2D eigenvalue weighted by atomic mass is 9.72. The molecular weight excluding hydrogens is 480 g/mol. The molecule has 2 heterocycles. The zero-order chi connectivity index (χ0) is 25.1. The van der Waals surface area contributed by atoms with Crippen molar-refractivity contribution in [1.82, 2.24) is 10.3 Å². The van der Waals surface area contributed by atoms with Crippen molar-refractivity contribution < 1.29 is 19.1 Å². The van der Waals surface area contributed by atoms with Gasteiger partial charge >= 0.3 is 0 Å². The van der Waals surface area contributed by atoms with Gasteiger partial charge in [0.15, 0.2) is 0 Å². The van der Waals surface area contributed by atoms with E-state index in [-0.39, 0.29) is 37.4 Å². The molecule has 2 aliphatic rings. The van der Waals surface area contributed by atoms with E-state index in [9.17, 15) is 14.4 Å². The number of fused-ring (bicyclic) bond motifs is 1. The van der Waals surface area contributed by atoms with E-state index in [1.807, 2.05) is 60.7 Å². The number of ether oxygens (including phenoxy) is 1. The number of halogens is 1. The van der Waals surface area contributed by atoms with Gasteiger partial charge < -0.3 is 15.4 Å². The van der Waals surface area contributed by atoms with Gasteiger partial charge in [-0.05, 0) is 17.5 Å². The number of benzene rings is 2. The van der Waals surface area contributed by atoms with Gasteiger partial charge in [-0.2, -0.15) is 5.10 Å². The number of carbonyl (C=O) groups is 3. The van der Waals surface area contributed by atoms with Crippen molar-refractivity contribution in [3.63, 3.8) is 0 Å². The van der Waals surface area contributed by atoms with Crippen molar-refractivity contribution in [2.24, 2.45) is 27.6 Å². The van der Waals surface area contributed by atoms with Crippen molar-refractivity contribution >= 4 is 35.8 Å². The lowest BCUT2D eigenvalue weighted by Gasteiger charge is -2.42. The molecule has 192 valence electrons. The van der Waals surface area contributed by atoms with Gasteiger partial charge in [-0.25, -0.2) is 5.43 Å². The Morgan fingerprint density at radius 3 is 2.33 bits per heavy atom. The molecule has 4 rings (SSSR count). The number of nitrogens with two attached hydrogens (primary N) is 1. The molecule has 2 atom stereocenters. The summed E-state index contributed by atoms with van der Waals surface area (Å²) in [4.78, 5) is 40.9. The number of piperidine rings is 1. The fraction of sp³-hybridized carbons (Fsp3) is 0.407. The van der Waals surface area contributed by atoms with Crippen LogP contribution in [0.1, 0.15) is 31.4 Å². The van der Waals surface area contributed by atoms with Gasteiger partial charge in [0.25, 0.3) is 5.91 Å². The minimum atomic E-state index is -1.13. The highest BCUT2D eigenvalue weighted by Crippen LogP contribution is 2.37. The Morgan fingerprint density at radius 1 is 1.11 bits per heavy atom. The molecule has 3 amide bonds. The topological polar surface area (TPSA) is 114 Å². The van der Waals surface area contributed by atoms with E-state index in [1.54, 1.807) is 18.7 Å². The van der Waals surface area contributed by atoms with Gasteiger partial charge in [0, 0.05) is 19.5 Å². The van der Waals surface area contributed by atoms with Crippen LogP contribution in [-0.4, -0.2) is 48.0 Å². The first kappa shape index (κ1) is 27.4. The highest BCUT2D eigenvalue weighted by atomic mass is 35.5. The summed E-state index contributed by atoms with van der Waals surface area (Å²) in [6.07, 6.45) is 0.919. The molecule has 0 saturated carbocycles. The lowest BCUT2D eigenvalue weighted by Crippen LogP contribution is -2.58. The largest absolute Gasteiger partial charge is 0.376 e. The number of hydrazone groups is 1. The molecule has 9 heteroatoms. The van der Waals surface area contributed by atoms with E-state index < -0.39 is 22.7 Å². The van der Waals surface area contributed by atoms with Crippen LogP contribution in [0.5, 0.6) is 0 Å². The Bertz CT molecular complexity index is 1120. The number of amides is 3. The molecule has 8 nitrogen and oxygen atoms in total. The normalized spacial score (nSPS) is 20.0. The molecular formula is C27H33ClN4O4. The van der Waals surface area contributed by atoms with Crippen LogP contribution in [0.25, 0.3) is 0 Å². The van der Waals surface area contributed by atoms with Gasteiger partial charge in [-0.1, -0.05) is 74.5 Å². The van der Waals surface area contributed by atoms with E-state index in [4.69, 9.17) is 10.5 Å². The Labute approximate surface area is 217 Å².